The van der Waals surface area contributed by atoms with Gasteiger partial charge in [-0.3, -0.25) is 4.55 Å². The van der Waals surface area contributed by atoms with Crippen LogP contribution in [0.3, 0.4) is 0 Å². The lowest BCUT2D eigenvalue weighted by molar-refractivity contribution is 0.439. The fourth-order valence-electron chi connectivity index (χ4n) is 0.831. The molecule has 0 aromatic carbocycles. The smallest absolute Gasteiger partial charge is 0.284 e. The standard InChI is InChI=1S/C6H11NO3S/c1-3-6(4-2,5-7)11(8,9)10/h3-4H2,1-2H3,(H,8,9,10). The van der Waals surface area contributed by atoms with Gasteiger partial charge in [0.1, 0.15) is 0 Å². The summed E-state index contributed by atoms with van der Waals surface area (Å²) in [6.45, 7) is 3.11. The van der Waals surface area contributed by atoms with E-state index in [1.165, 1.54) is 0 Å². The third-order valence-electron chi connectivity index (χ3n) is 1.84. The first-order valence-corrected chi connectivity index (χ1v) is 4.76. The zero-order valence-electron chi connectivity index (χ0n) is 6.53. The highest BCUT2D eigenvalue weighted by atomic mass is 32.2. The Kier molecular flexibility index (Phi) is 3.02. The van der Waals surface area contributed by atoms with E-state index in [-0.39, 0.29) is 12.8 Å². The Morgan fingerprint density at radius 1 is 1.45 bits per heavy atom. The Hall–Kier alpha value is -0.600. The summed E-state index contributed by atoms with van der Waals surface area (Å²) in [5.41, 5.74) is 0. The molecule has 0 aliphatic heterocycles. The van der Waals surface area contributed by atoms with Crippen LogP contribution in [0.4, 0.5) is 0 Å². The summed E-state index contributed by atoms with van der Waals surface area (Å²) in [5.74, 6) is 0. The lowest BCUT2D eigenvalue weighted by Crippen LogP contribution is -2.35. The van der Waals surface area contributed by atoms with E-state index >= 15 is 0 Å². The van der Waals surface area contributed by atoms with Gasteiger partial charge in [-0.05, 0) is 12.8 Å². The van der Waals surface area contributed by atoms with Crippen LogP contribution in [0.5, 0.6) is 0 Å². The van der Waals surface area contributed by atoms with Crippen molar-refractivity contribution >= 4 is 10.1 Å². The van der Waals surface area contributed by atoms with Crippen LogP contribution in [0.2, 0.25) is 0 Å². The summed E-state index contributed by atoms with van der Waals surface area (Å²) in [4.78, 5) is 0. The molecule has 0 fully saturated rings. The average molecular weight is 177 g/mol. The molecule has 5 heteroatoms. The highest BCUT2D eigenvalue weighted by Crippen LogP contribution is 2.23. The maximum atomic E-state index is 10.7. The number of rotatable bonds is 3. The van der Waals surface area contributed by atoms with Crippen molar-refractivity contribution in [2.45, 2.75) is 31.4 Å². The second-order valence-corrected chi connectivity index (χ2v) is 4.02. The molecule has 4 nitrogen and oxygen atoms in total. The van der Waals surface area contributed by atoms with Crippen molar-refractivity contribution in [3.8, 4) is 6.07 Å². The van der Waals surface area contributed by atoms with Crippen molar-refractivity contribution in [1.29, 1.82) is 5.26 Å². The molecule has 0 amide bonds. The SMILES string of the molecule is CCC(C#N)(CC)S(=O)(=O)O. The van der Waals surface area contributed by atoms with Crippen LogP contribution in [-0.2, 0) is 10.1 Å². The Morgan fingerprint density at radius 3 is 1.82 bits per heavy atom. The molecule has 11 heavy (non-hydrogen) atoms. The molecule has 0 aromatic rings. The molecule has 0 radical (unpaired) electrons. The monoisotopic (exact) mass is 177 g/mol. The zero-order valence-corrected chi connectivity index (χ0v) is 7.35. The molecule has 0 saturated carbocycles. The Balaban J connectivity index is 5.07. The molecule has 0 aliphatic carbocycles. The van der Waals surface area contributed by atoms with Gasteiger partial charge >= 0.3 is 0 Å². The van der Waals surface area contributed by atoms with Crippen molar-refractivity contribution in [3.63, 3.8) is 0 Å². The fraction of sp³-hybridized carbons (Fsp3) is 0.833. The Bertz CT molecular complexity index is 258. The summed E-state index contributed by atoms with van der Waals surface area (Å²) < 4.78 is 28.4. The number of nitriles is 1. The maximum absolute atomic E-state index is 10.7. The largest absolute Gasteiger partial charge is 0.284 e. The average Bonchev–Trinajstić information content (AvgIpc) is 1.90. The van der Waals surface area contributed by atoms with Crippen molar-refractivity contribution in [2.24, 2.45) is 0 Å². The highest BCUT2D eigenvalue weighted by molar-refractivity contribution is 7.87. The van der Waals surface area contributed by atoms with Gasteiger partial charge in [-0.15, -0.1) is 0 Å². The number of hydrogen-bond acceptors (Lipinski definition) is 3. The topological polar surface area (TPSA) is 78.2 Å². The molecule has 0 aromatic heterocycles. The molecule has 0 spiro atoms. The second kappa shape index (κ2) is 3.20. The molecule has 0 rings (SSSR count). The van der Waals surface area contributed by atoms with Crippen LogP contribution in [0.15, 0.2) is 0 Å². The molecular weight excluding hydrogens is 166 g/mol. The molecule has 0 heterocycles. The summed E-state index contributed by atoms with van der Waals surface area (Å²) in [7, 11) is -4.24. The quantitative estimate of drug-likeness (QED) is 0.651. The van der Waals surface area contributed by atoms with Gasteiger partial charge in [-0.25, -0.2) is 0 Å². The van der Waals surface area contributed by atoms with E-state index < -0.39 is 14.9 Å². The minimum Gasteiger partial charge on any atom is -0.284 e. The van der Waals surface area contributed by atoms with Gasteiger partial charge < -0.3 is 0 Å². The van der Waals surface area contributed by atoms with Crippen LogP contribution in [-0.4, -0.2) is 17.7 Å². The van der Waals surface area contributed by atoms with E-state index in [9.17, 15) is 8.42 Å². The normalized spacial score (nSPS) is 12.5. The molecular formula is C6H11NO3S. The first kappa shape index (κ1) is 10.4. The van der Waals surface area contributed by atoms with Gasteiger partial charge in [0, 0.05) is 0 Å². The summed E-state index contributed by atoms with van der Waals surface area (Å²) in [5, 5.41) is 8.52. The van der Waals surface area contributed by atoms with Crippen molar-refractivity contribution in [3.05, 3.63) is 0 Å². The summed E-state index contributed by atoms with van der Waals surface area (Å²) >= 11 is 0. The van der Waals surface area contributed by atoms with Gasteiger partial charge in [0.25, 0.3) is 10.1 Å². The van der Waals surface area contributed by atoms with E-state index in [0.717, 1.165) is 0 Å². The molecule has 0 saturated heterocycles. The Morgan fingerprint density at radius 2 is 1.82 bits per heavy atom. The van der Waals surface area contributed by atoms with E-state index in [1.54, 1.807) is 19.9 Å². The molecule has 0 aliphatic rings. The molecule has 0 bridgehead atoms. The molecule has 1 N–H and O–H groups in total. The lowest BCUT2D eigenvalue weighted by atomic mass is 10.1. The first-order chi connectivity index (χ1) is 4.93. The van der Waals surface area contributed by atoms with Crippen LogP contribution in [0, 0.1) is 11.3 Å². The van der Waals surface area contributed by atoms with Gasteiger partial charge in [-0.1, -0.05) is 13.8 Å². The van der Waals surface area contributed by atoms with Crippen molar-refractivity contribution < 1.29 is 13.0 Å². The second-order valence-electron chi connectivity index (χ2n) is 2.29. The third-order valence-corrected chi connectivity index (χ3v) is 3.50. The first-order valence-electron chi connectivity index (χ1n) is 3.31. The van der Waals surface area contributed by atoms with Crippen molar-refractivity contribution in [1.82, 2.24) is 0 Å². The molecule has 0 atom stereocenters. The van der Waals surface area contributed by atoms with Crippen LogP contribution < -0.4 is 0 Å². The van der Waals surface area contributed by atoms with E-state index in [1.807, 2.05) is 0 Å². The third kappa shape index (κ3) is 1.70. The van der Waals surface area contributed by atoms with Crippen LogP contribution >= 0.6 is 0 Å². The maximum Gasteiger partial charge on any atom is 0.284 e. The van der Waals surface area contributed by atoms with Crippen LogP contribution in [0.25, 0.3) is 0 Å². The highest BCUT2D eigenvalue weighted by Gasteiger charge is 2.39. The van der Waals surface area contributed by atoms with Gasteiger partial charge in [0.05, 0.1) is 6.07 Å². The fourth-order valence-corrected chi connectivity index (χ4v) is 1.68. The Labute approximate surface area is 66.6 Å². The van der Waals surface area contributed by atoms with Crippen molar-refractivity contribution in [2.75, 3.05) is 0 Å². The zero-order chi connectivity index (χ0) is 9.12. The minimum atomic E-state index is -4.24. The van der Waals surface area contributed by atoms with E-state index in [4.69, 9.17) is 9.81 Å². The summed E-state index contributed by atoms with van der Waals surface area (Å²) in [6.07, 6.45) is 0.220. The number of nitrogens with zero attached hydrogens (tertiary/aromatic N) is 1. The molecule has 64 valence electrons. The van der Waals surface area contributed by atoms with Crippen LogP contribution in [0.1, 0.15) is 26.7 Å². The van der Waals surface area contributed by atoms with E-state index in [2.05, 4.69) is 0 Å². The predicted molar refractivity (Wildman–Crippen MR) is 40.5 cm³/mol. The molecule has 0 unspecified atom stereocenters. The number of hydrogen-bond donors (Lipinski definition) is 1. The summed E-state index contributed by atoms with van der Waals surface area (Å²) in [6, 6.07) is 1.62. The van der Waals surface area contributed by atoms with Gasteiger partial charge in [0.2, 0.25) is 0 Å². The van der Waals surface area contributed by atoms with Gasteiger partial charge in [-0.2, -0.15) is 13.7 Å². The predicted octanol–water partition coefficient (Wildman–Crippen LogP) is 0.957. The lowest BCUT2D eigenvalue weighted by Gasteiger charge is -2.18. The minimum absolute atomic E-state index is 0.110. The van der Waals surface area contributed by atoms with E-state index in [0.29, 0.717) is 0 Å². The van der Waals surface area contributed by atoms with Gasteiger partial charge in [0.15, 0.2) is 4.75 Å².